The van der Waals surface area contributed by atoms with Gasteiger partial charge in [-0.1, -0.05) is 0 Å². The van der Waals surface area contributed by atoms with Crippen LogP contribution in [-0.2, 0) is 0 Å². The molecule has 0 aliphatic heterocycles. The first-order valence-electron chi connectivity index (χ1n) is 5.46. The van der Waals surface area contributed by atoms with E-state index in [9.17, 15) is 9.18 Å². The van der Waals surface area contributed by atoms with Gasteiger partial charge in [-0.25, -0.2) is 4.39 Å². The van der Waals surface area contributed by atoms with E-state index in [0.717, 1.165) is 0 Å². The number of nitrogens with one attached hydrogen (secondary N) is 1. The Bertz CT molecular complexity index is 617. The maximum atomic E-state index is 13.2. The van der Waals surface area contributed by atoms with Crippen LogP contribution >= 0.6 is 0 Å². The van der Waals surface area contributed by atoms with E-state index < -0.39 is 11.7 Å². The minimum atomic E-state index is -0.496. The van der Waals surface area contributed by atoms with Crippen LogP contribution in [0.2, 0.25) is 0 Å². The average Bonchev–Trinajstić information content (AvgIpc) is 2.41. The molecule has 0 unspecified atom stereocenters. The Kier molecular flexibility index (Phi) is 3.61. The number of ether oxygens (including phenoxy) is 1. The summed E-state index contributed by atoms with van der Waals surface area (Å²) in [7, 11) is 1.35. The van der Waals surface area contributed by atoms with Crippen LogP contribution in [0.4, 0.5) is 15.8 Å². The van der Waals surface area contributed by atoms with Crippen LogP contribution in [0.5, 0.6) is 5.75 Å². The number of nitrogens with two attached hydrogens (primary N) is 1. The third-order valence-corrected chi connectivity index (χ3v) is 2.51. The van der Waals surface area contributed by atoms with Gasteiger partial charge < -0.3 is 15.8 Å². The van der Waals surface area contributed by atoms with E-state index in [1.54, 1.807) is 0 Å². The number of amides is 1. The molecule has 0 bridgehead atoms. The van der Waals surface area contributed by atoms with Crippen LogP contribution < -0.4 is 15.8 Å². The first-order chi connectivity index (χ1) is 9.11. The van der Waals surface area contributed by atoms with Gasteiger partial charge in [0, 0.05) is 18.0 Å². The van der Waals surface area contributed by atoms with Crippen LogP contribution in [0.15, 0.2) is 36.7 Å². The first kappa shape index (κ1) is 12.8. The summed E-state index contributed by atoms with van der Waals surface area (Å²) in [5.74, 6) is -0.835. The van der Waals surface area contributed by atoms with Crippen LogP contribution in [0.1, 0.15) is 10.4 Å². The van der Waals surface area contributed by atoms with Gasteiger partial charge in [-0.2, -0.15) is 0 Å². The van der Waals surface area contributed by atoms with E-state index >= 15 is 0 Å². The van der Waals surface area contributed by atoms with Crippen molar-refractivity contribution in [3.8, 4) is 5.75 Å². The number of nitrogen functional groups attached to an aromatic ring is 1. The lowest BCUT2D eigenvalue weighted by atomic mass is 10.2. The summed E-state index contributed by atoms with van der Waals surface area (Å²) in [5.41, 5.74) is 6.64. The smallest absolute Gasteiger partial charge is 0.257 e. The monoisotopic (exact) mass is 261 g/mol. The molecule has 1 aromatic heterocycles. The van der Waals surface area contributed by atoms with Crippen molar-refractivity contribution in [1.29, 1.82) is 0 Å². The van der Waals surface area contributed by atoms with Gasteiger partial charge in [0.05, 0.1) is 24.6 Å². The number of hydrogen-bond donors (Lipinski definition) is 2. The highest BCUT2D eigenvalue weighted by Crippen LogP contribution is 2.22. The normalized spacial score (nSPS) is 10.0. The van der Waals surface area contributed by atoms with Crippen LogP contribution in [0.3, 0.4) is 0 Å². The summed E-state index contributed by atoms with van der Waals surface area (Å²) in [6.45, 7) is 0. The minimum absolute atomic E-state index is 0.0560. The predicted octanol–water partition coefficient (Wildman–Crippen LogP) is 2.06. The molecule has 0 aliphatic rings. The summed E-state index contributed by atoms with van der Waals surface area (Å²) < 4.78 is 18.1. The molecule has 0 fully saturated rings. The van der Waals surface area contributed by atoms with Gasteiger partial charge >= 0.3 is 0 Å². The highest BCUT2D eigenvalue weighted by atomic mass is 19.1. The number of rotatable bonds is 3. The minimum Gasteiger partial charge on any atom is -0.494 e. The molecule has 3 N–H and O–H groups in total. The average molecular weight is 261 g/mol. The molecule has 5 nitrogen and oxygen atoms in total. The lowest BCUT2D eigenvalue weighted by Crippen LogP contribution is -2.14. The molecule has 1 heterocycles. The Morgan fingerprint density at radius 3 is 2.89 bits per heavy atom. The summed E-state index contributed by atoms with van der Waals surface area (Å²) in [4.78, 5) is 15.8. The number of nitrogens with zero attached hydrogens (tertiary/aromatic N) is 1. The summed E-state index contributed by atoms with van der Waals surface area (Å²) in [6, 6.07) is 5.55. The molecule has 0 saturated carbocycles. The van der Waals surface area contributed by atoms with Gasteiger partial charge in [-0.15, -0.1) is 0 Å². The van der Waals surface area contributed by atoms with E-state index in [-0.39, 0.29) is 11.4 Å². The van der Waals surface area contributed by atoms with Crippen molar-refractivity contribution in [2.45, 2.75) is 0 Å². The topological polar surface area (TPSA) is 77.2 Å². The number of carbonyl (C=O) groups excluding carboxylic acids is 1. The quantitative estimate of drug-likeness (QED) is 0.886. The molecule has 98 valence electrons. The molecule has 0 atom stereocenters. The highest BCUT2D eigenvalue weighted by molar-refractivity contribution is 6.07. The fourth-order valence-corrected chi connectivity index (χ4v) is 1.55. The second-order valence-corrected chi connectivity index (χ2v) is 3.77. The zero-order valence-electron chi connectivity index (χ0n) is 10.2. The Hall–Kier alpha value is -2.63. The molecular weight excluding hydrogens is 249 g/mol. The van der Waals surface area contributed by atoms with Crippen molar-refractivity contribution < 1.29 is 13.9 Å². The molecule has 19 heavy (non-hydrogen) atoms. The Balaban J connectivity index is 2.22. The molecule has 0 aliphatic carbocycles. The number of hydrogen-bond acceptors (Lipinski definition) is 4. The van der Waals surface area contributed by atoms with Gasteiger partial charge in [-0.3, -0.25) is 9.78 Å². The lowest BCUT2D eigenvalue weighted by molar-refractivity contribution is 0.102. The molecule has 2 rings (SSSR count). The number of pyridine rings is 1. The van der Waals surface area contributed by atoms with E-state index in [2.05, 4.69) is 10.3 Å². The second kappa shape index (κ2) is 5.34. The molecular formula is C13H12FN3O2. The molecule has 0 radical (unpaired) electrons. The Morgan fingerprint density at radius 1 is 1.42 bits per heavy atom. The molecule has 0 saturated heterocycles. The number of carbonyl (C=O) groups is 1. The Labute approximate surface area is 109 Å². The van der Waals surface area contributed by atoms with Crippen LogP contribution in [-0.4, -0.2) is 18.0 Å². The Morgan fingerprint density at radius 2 is 2.21 bits per heavy atom. The first-order valence-corrected chi connectivity index (χ1v) is 5.46. The van der Waals surface area contributed by atoms with Crippen molar-refractivity contribution in [3.63, 3.8) is 0 Å². The molecule has 1 amide bonds. The molecule has 1 aromatic carbocycles. The van der Waals surface area contributed by atoms with Crippen molar-refractivity contribution in [1.82, 2.24) is 4.98 Å². The predicted molar refractivity (Wildman–Crippen MR) is 69.6 cm³/mol. The van der Waals surface area contributed by atoms with E-state index in [4.69, 9.17) is 10.5 Å². The van der Waals surface area contributed by atoms with Gasteiger partial charge in [-0.05, 0) is 18.2 Å². The van der Waals surface area contributed by atoms with Crippen LogP contribution in [0.25, 0.3) is 0 Å². The lowest BCUT2D eigenvalue weighted by Gasteiger charge is -2.08. The maximum absolute atomic E-state index is 13.2. The number of methoxy groups -OCH3 is 1. The zero-order valence-corrected chi connectivity index (χ0v) is 10.2. The van der Waals surface area contributed by atoms with Crippen LogP contribution in [0, 0.1) is 5.82 Å². The zero-order chi connectivity index (χ0) is 13.8. The number of benzene rings is 1. The van der Waals surface area contributed by atoms with Crippen molar-refractivity contribution in [3.05, 3.63) is 48.0 Å². The largest absolute Gasteiger partial charge is 0.494 e. The summed E-state index contributed by atoms with van der Waals surface area (Å²) >= 11 is 0. The summed E-state index contributed by atoms with van der Waals surface area (Å²) in [6.07, 6.45) is 2.86. The number of halogens is 1. The molecule has 6 heteroatoms. The van der Waals surface area contributed by atoms with Crippen molar-refractivity contribution in [2.24, 2.45) is 0 Å². The van der Waals surface area contributed by atoms with E-state index in [1.807, 2.05) is 0 Å². The van der Waals surface area contributed by atoms with Gasteiger partial charge in [0.25, 0.3) is 5.91 Å². The standard InChI is InChI=1S/C13H12FN3O2/c1-19-12-6-8(2-3-10(12)14)17-13(18)9-4-5-16-7-11(9)15/h2-7H,15H2,1H3,(H,17,18). The molecule has 2 aromatic rings. The van der Waals surface area contributed by atoms with Gasteiger partial charge in [0.15, 0.2) is 11.6 Å². The van der Waals surface area contributed by atoms with Gasteiger partial charge in [0.1, 0.15) is 0 Å². The maximum Gasteiger partial charge on any atom is 0.257 e. The second-order valence-electron chi connectivity index (χ2n) is 3.77. The highest BCUT2D eigenvalue weighted by Gasteiger charge is 2.11. The molecule has 0 spiro atoms. The van der Waals surface area contributed by atoms with Crippen molar-refractivity contribution in [2.75, 3.05) is 18.2 Å². The fraction of sp³-hybridized carbons (Fsp3) is 0.0769. The SMILES string of the molecule is COc1cc(NC(=O)c2ccncc2N)ccc1F. The number of anilines is 2. The third-order valence-electron chi connectivity index (χ3n) is 2.51. The third kappa shape index (κ3) is 2.79. The van der Waals surface area contributed by atoms with Crippen molar-refractivity contribution >= 4 is 17.3 Å². The number of aromatic nitrogens is 1. The van der Waals surface area contributed by atoms with Gasteiger partial charge in [0.2, 0.25) is 0 Å². The summed E-state index contributed by atoms with van der Waals surface area (Å²) in [5, 5.41) is 2.61. The fourth-order valence-electron chi connectivity index (χ4n) is 1.55. The van der Waals surface area contributed by atoms with E-state index in [0.29, 0.717) is 11.3 Å². The van der Waals surface area contributed by atoms with E-state index in [1.165, 1.54) is 43.8 Å².